The van der Waals surface area contributed by atoms with Crippen LogP contribution in [0.25, 0.3) is 0 Å². The largest absolute Gasteiger partial charge is 0.384 e. The van der Waals surface area contributed by atoms with Crippen molar-refractivity contribution < 1.29 is 9.72 Å². The average Bonchev–Trinajstić information content (AvgIpc) is 2.34. The number of nitrogens with one attached hydrogen (secondary N) is 2. The minimum atomic E-state index is -0.590. The molecule has 104 valence electrons. The maximum atomic E-state index is 11.6. The molecule has 1 aromatic carbocycles. The summed E-state index contributed by atoms with van der Waals surface area (Å²) in [5, 5.41) is 16.4. The van der Waals surface area contributed by atoms with Crippen LogP contribution in [0.2, 0.25) is 0 Å². The van der Waals surface area contributed by atoms with Crippen molar-refractivity contribution in [3.05, 3.63) is 33.9 Å². The molecule has 2 N–H and O–H groups in total. The van der Waals surface area contributed by atoms with Gasteiger partial charge in [0.1, 0.15) is 0 Å². The lowest BCUT2D eigenvalue weighted by Crippen LogP contribution is -2.39. The Morgan fingerprint density at radius 2 is 2.00 bits per heavy atom. The van der Waals surface area contributed by atoms with Gasteiger partial charge in [-0.25, -0.2) is 0 Å². The van der Waals surface area contributed by atoms with Gasteiger partial charge in [0, 0.05) is 31.4 Å². The summed E-state index contributed by atoms with van der Waals surface area (Å²) in [6.07, 6.45) is 0. The molecule has 0 unspecified atom stereocenters. The standard InChI is InChI=1S/C13H19N3O3/c1-9-5-10(7-11(6-9)16(18)19)15-8-13(2,3)12(17)14-4/h5-7,15H,8H2,1-4H3,(H,14,17). The lowest BCUT2D eigenvalue weighted by atomic mass is 9.92. The number of anilines is 1. The normalized spacial score (nSPS) is 10.9. The van der Waals surface area contributed by atoms with Gasteiger partial charge in [-0.1, -0.05) is 0 Å². The summed E-state index contributed by atoms with van der Waals surface area (Å²) in [5.74, 6) is -0.0813. The third-order valence-electron chi connectivity index (χ3n) is 2.85. The molecule has 0 aliphatic carbocycles. The molecule has 6 heteroatoms. The molecule has 0 saturated carbocycles. The van der Waals surface area contributed by atoms with E-state index in [9.17, 15) is 14.9 Å². The second kappa shape index (κ2) is 5.69. The maximum Gasteiger partial charge on any atom is 0.271 e. The fraction of sp³-hybridized carbons (Fsp3) is 0.462. The molecule has 1 rings (SSSR count). The van der Waals surface area contributed by atoms with E-state index in [1.165, 1.54) is 12.1 Å². The van der Waals surface area contributed by atoms with Crippen molar-refractivity contribution in [1.82, 2.24) is 5.32 Å². The predicted octanol–water partition coefficient (Wildman–Crippen LogP) is 2.09. The van der Waals surface area contributed by atoms with Crippen molar-refractivity contribution in [3.8, 4) is 0 Å². The van der Waals surface area contributed by atoms with Gasteiger partial charge in [-0.15, -0.1) is 0 Å². The van der Waals surface area contributed by atoms with Gasteiger partial charge in [-0.2, -0.15) is 0 Å². The molecule has 0 aliphatic heterocycles. The van der Waals surface area contributed by atoms with Crippen LogP contribution in [0.1, 0.15) is 19.4 Å². The Morgan fingerprint density at radius 1 is 1.37 bits per heavy atom. The van der Waals surface area contributed by atoms with Gasteiger partial charge in [0.15, 0.2) is 0 Å². The lowest BCUT2D eigenvalue weighted by Gasteiger charge is -2.23. The van der Waals surface area contributed by atoms with Gasteiger partial charge in [0.25, 0.3) is 5.69 Å². The van der Waals surface area contributed by atoms with Crippen LogP contribution in [-0.4, -0.2) is 24.4 Å². The zero-order chi connectivity index (χ0) is 14.6. The van der Waals surface area contributed by atoms with Gasteiger partial charge in [0.05, 0.1) is 10.3 Å². The monoisotopic (exact) mass is 265 g/mol. The van der Waals surface area contributed by atoms with E-state index in [1.54, 1.807) is 14.0 Å². The zero-order valence-corrected chi connectivity index (χ0v) is 11.6. The quantitative estimate of drug-likeness (QED) is 0.630. The SMILES string of the molecule is CNC(=O)C(C)(C)CNc1cc(C)cc([N+](=O)[O-])c1. The zero-order valence-electron chi connectivity index (χ0n) is 11.6. The molecule has 0 fully saturated rings. The van der Waals surface area contributed by atoms with Crippen LogP contribution < -0.4 is 10.6 Å². The summed E-state index contributed by atoms with van der Waals surface area (Å²) < 4.78 is 0. The summed E-state index contributed by atoms with van der Waals surface area (Å²) in [4.78, 5) is 22.0. The number of hydrogen-bond acceptors (Lipinski definition) is 4. The molecule has 0 spiro atoms. The molecule has 0 bridgehead atoms. The van der Waals surface area contributed by atoms with E-state index in [4.69, 9.17) is 0 Å². The van der Waals surface area contributed by atoms with Crippen LogP contribution in [0.4, 0.5) is 11.4 Å². The molecular weight excluding hydrogens is 246 g/mol. The highest BCUT2D eigenvalue weighted by Gasteiger charge is 2.26. The average molecular weight is 265 g/mol. The maximum absolute atomic E-state index is 11.6. The van der Waals surface area contributed by atoms with Crippen molar-refractivity contribution in [2.75, 3.05) is 18.9 Å². The second-order valence-electron chi connectivity index (χ2n) is 5.13. The van der Waals surface area contributed by atoms with Gasteiger partial charge in [-0.05, 0) is 32.4 Å². The van der Waals surface area contributed by atoms with Crippen LogP contribution >= 0.6 is 0 Å². The summed E-state index contributed by atoms with van der Waals surface area (Å²) in [5.41, 5.74) is 0.895. The molecule has 0 aliphatic rings. The lowest BCUT2D eigenvalue weighted by molar-refractivity contribution is -0.384. The smallest absolute Gasteiger partial charge is 0.271 e. The number of nitro benzene ring substituents is 1. The van der Waals surface area contributed by atoms with E-state index in [2.05, 4.69) is 10.6 Å². The molecule has 0 atom stereocenters. The van der Waals surface area contributed by atoms with Crippen molar-refractivity contribution in [2.24, 2.45) is 5.41 Å². The number of nitrogens with zero attached hydrogens (tertiary/aromatic N) is 1. The number of amides is 1. The highest BCUT2D eigenvalue weighted by atomic mass is 16.6. The Kier molecular flexibility index (Phi) is 4.47. The molecule has 19 heavy (non-hydrogen) atoms. The number of non-ortho nitro benzene ring substituents is 1. The molecule has 6 nitrogen and oxygen atoms in total. The Morgan fingerprint density at radius 3 is 2.53 bits per heavy atom. The summed E-state index contributed by atoms with van der Waals surface area (Å²) >= 11 is 0. The molecule has 0 radical (unpaired) electrons. The Balaban J connectivity index is 2.83. The van der Waals surface area contributed by atoms with E-state index in [1.807, 2.05) is 19.9 Å². The van der Waals surface area contributed by atoms with Crippen molar-refractivity contribution in [1.29, 1.82) is 0 Å². The van der Waals surface area contributed by atoms with E-state index in [0.29, 0.717) is 12.2 Å². The number of hydrogen-bond donors (Lipinski definition) is 2. The second-order valence-corrected chi connectivity index (χ2v) is 5.13. The topological polar surface area (TPSA) is 84.3 Å². The van der Waals surface area contributed by atoms with Gasteiger partial charge < -0.3 is 10.6 Å². The Bertz CT molecular complexity index is 498. The summed E-state index contributed by atoms with van der Waals surface area (Å²) in [6.45, 7) is 5.81. The van der Waals surface area contributed by atoms with Crippen molar-refractivity contribution >= 4 is 17.3 Å². The molecule has 1 aromatic rings. The number of carbonyl (C=O) groups is 1. The van der Waals surface area contributed by atoms with Crippen LogP contribution in [0, 0.1) is 22.5 Å². The summed E-state index contributed by atoms with van der Waals surface area (Å²) in [7, 11) is 1.58. The van der Waals surface area contributed by atoms with Crippen molar-refractivity contribution in [2.45, 2.75) is 20.8 Å². The van der Waals surface area contributed by atoms with E-state index in [0.717, 1.165) is 5.56 Å². The highest BCUT2D eigenvalue weighted by Crippen LogP contribution is 2.22. The van der Waals surface area contributed by atoms with Crippen LogP contribution in [0.5, 0.6) is 0 Å². The first-order chi connectivity index (χ1) is 8.76. The van der Waals surface area contributed by atoms with E-state index >= 15 is 0 Å². The third-order valence-corrected chi connectivity index (χ3v) is 2.85. The predicted molar refractivity (Wildman–Crippen MR) is 74.2 cm³/mol. The fourth-order valence-corrected chi connectivity index (χ4v) is 1.71. The molecular formula is C13H19N3O3. The van der Waals surface area contributed by atoms with Gasteiger partial charge in [-0.3, -0.25) is 14.9 Å². The number of aryl methyl sites for hydroxylation is 1. The van der Waals surface area contributed by atoms with Crippen LogP contribution in [0.3, 0.4) is 0 Å². The van der Waals surface area contributed by atoms with Crippen LogP contribution in [0.15, 0.2) is 18.2 Å². The first-order valence-corrected chi connectivity index (χ1v) is 5.98. The van der Waals surface area contributed by atoms with E-state index < -0.39 is 10.3 Å². The third kappa shape index (κ3) is 3.94. The van der Waals surface area contributed by atoms with Crippen LogP contribution in [-0.2, 0) is 4.79 Å². The number of rotatable bonds is 5. The molecule has 0 aromatic heterocycles. The minimum Gasteiger partial charge on any atom is -0.384 e. The van der Waals surface area contributed by atoms with E-state index in [-0.39, 0.29) is 11.6 Å². The molecule has 1 amide bonds. The number of carbonyl (C=O) groups excluding carboxylic acids is 1. The highest BCUT2D eigenvalue weighted by molar-refractivity contribution is 5.82. The summed E-state index contributed by atoms with van der Waals surface area (Å²) in [6, 6.07) is 4.79. The van der Waals surface area contributed by atoms with Gasteiger partial charge in [0.2, 0.25) is 5.91 Å². The fourth-order valence-electron chi connectivity index (χ4n) is 1.71. The number of benzene rings is 1. The first-order valence-electron chi connectivity index (χ1n) is 5.98. The molecule has 0 heterocycles. The van der Waals surface area contributed by atoms with Gasteiger partial charge >= 0.3 is 0 Å². The Hall–Kier alpha value is -2.11. The number of nitro groups is 1. The first kappa shape index (κ1) is 14.9. The minimum absolute atomic E-state index is 0.0419. The molecule has 0 saturated heterocycles. The Labute approximate surface area is 112 Å². The van der Waals surface area contributed by atoms with Crippen molar-refractivity contribution in [3.63, 3.8) is 0 Å².